The summed E-state index contributed by atoms with van der Waals surface area (Å²) in [5, 5.41) is 3.49. The number of aromatic nitrogens is 2. The van der Waals surface area contributed by atoms with Crippen LogP contribution in [-0.2, 0) is 13.2 Å². The van der Waals surface area contributed by atoms with Gasteiger partial charge in [0.15, 0.2) is 0 Å². The molecule has 1 atom stereocenters. The molecule has 0 bridgehead atoms. The second-order valence-electron chi connectivity index (χ2n) is 5.20. The Morgan fingerprint density at radius 1 is 1.24 bits per heavy atom. The van der Waals surface area contributed by atoms with Crippen LogP contribution < -0.4 is 10.1 Å². The Morgan fingerprint density at radius 2 is 2.00 bits per heavy atom. The summed E-state index contributed by atoms with van der Waals surface area (Å²) in [6.07, 6.45) is 4.84. The number of rotatable bonds is 8. The zero-order valence-corrected chi connectivity index (χ0v) is 13.2. The highest BCUT2D eigenvalue weighted by Gasteiger charge is 2.05. The van der Waals surface area contributed by atoms with E-state index in [1.54, 1.807) is 0 Å². The second kappa shape index (κ2) is 7.84. The molecule has 0 fully saturated rings. The summed E-state index contributed by atoms with van der Waals surface area (Å²) in [7, 11) is 0. The minimum atomic E-state index is 0.375. The number of ether oxygens (including phenoxy) is 1. The fourth-order valence-electron chi connectivity index (χ4n) is 2.24. The first-order valence-electron chi connectivity index (χ1n) is 7.69. The molecule has 2 aromatic rings. The minimum Gasteiger partial charge on any atom is -0.487 e. The molecule has 4 heteroatoms. The smallest absolute Gasteiger partial charge is 0.130 e. The first-order chi connectivity index (χ1) is 10.2. The van der Waals surface area contributed by atoms with E-state index < -0.39 is 0 Å². The van der Waals surface area contributed by atoms with Gasteiger partial charge in [0.1, 0.15) is 12.4 Å². The van der Waals surface area contributed by atoms with Crippen molar-refractivity contribution < 1.29 is 4.74 Å². The van der Waals surface area contributed by atoms with Crippen molar-refractivity contribution in [3.05, 3.63) is 48.0 Å². The van der Waals surface area contributed by atoms with Gasteiger partial charge in [0.2, 0.25) is 0 Å². The number of hydrogen-bond donors (Lipinski definition) is 1. The van der Waals surface area contributed by atoms with E-state index in [2.05, 4.69) is 47.8 Å². The highest BCUT2D eigenvalue weighted by Crippen LogP contribution is 2.18. The van der Waals surface area contributed by atoms with Crippen LogP contribution in [0.15, 0.2) is 36.8 Å². The Kier molecular flexibility index (Phi) is 5.81. The van der Waals surface area contributed by atoms with Crippen LogP contribution in [-0.4, -0.2) is 16.1 Å². The van der Waals surface area contributed by atoms with Gasteiger partial charge >= 0.3 is 0 Å². The van der Waals surface area contributed by atoms with Gasteiger partial charge in [-0.05, 0) is 44.5 Å². The van der Waals surface area contributed by atoms with E-state index in [0.717, 1.165) is 31.0 Å². The van der Waals surface area contributed by atoms with Crippen molar-refractivity contribution in [1.82, 2.24) is 14.9 Å². The minimum absolute atomic E-state index is 0.375. The standard InChI is InChI=1S/C17H25N3O/c1-4-10-19-14(3)15-6-8-17(9-7-15)21-12-16-11-18-13-20(16)5-2/h6-9,11,13-14,19H,4-5,10,12H2,1-3H3. The summed E-state index contributed by atoms with van der Waals surface area (Å²) in [6.45, 7) is 8.98. The Labute approximate surface area is 127 Å². The van der Waals surface area contributed by atoms with Crippen molar-refractivity contribution in [1.29, 1.82) is 0 Å². The van der Waals surface area contributed by atoms with E-state index in [9.17, 15) is 0 Å². The molecule has 0 aliphatic heterocycles. The molecule has 1 aromatic heterocycles. The number of benzene rings is 1. The fraction of sp³-hybridized carbons (Fsp3) is 0.471. The van der Waals surface area contributed by atoms with E-state index in [1.807, 2.05) is 24.7 Å². The Balaban J connectivity index is 1.90. The molecular formula is C17H25N3O. The van der Waals surface area contributed by atoms with Crippen LogP contribution >= 0.6 is 0 Å². The SMILES string of the molecule is CCCNC(C)c1ccc(OCc2cncn2CC)cc1. The third-order valence-electron chi connectivity index (χ3n) is 3.61. The molecule has 1 heterocycles. The van der Waals surface area contributed by atoms with Crippen molar-refractivity contribution in [2.45, 2.75) is 46.4 Å². The topological polar surface area (TPSA) is 39.1 Å². The molecular weight excluding hydrogens is 262 g/mol. The summed E-state index contributed by atoms with van der Waals surface area (Å²) in [6, 6.07) is 8.69. The van der Waals surface area contributed by atoms with Gasteiger partial charge in [-0.15, -0.1) is 0 Å². The lowest BCUT2D eigenvalue weighted by atomic mass is 10.1. The van der Waals surface area contributed by atoms with E-state index >= 15 is 0 Å². The lowest BCUT2D eigenvalue weighted by Gasteiger charge is -2.14. The van der Waals surface area contributed by atoms with Gasteiger partial charge in [-0.1, -0.05) is 19.1 Å². The molecule has 0 saturated carbocycles. The van der Waals surface area contributed by atoms with Gasteiger partial charge in [-0.25, -0.2) is 4.98 Å². The van der Waals surface area contributed by atoms with Gasteiger partial charge in [0.25, 0.3) is 0 Å². The highest BCUT2D eigenvalue weighted by molar-refractivity contribution is 5.29. The Hall–Kier alpha value is -1.81. The van der Waals surface area contributed by atoms with E-state index in [1.165, 1.54) is 5.56 Å². The zero-order valence-electron chi connectivity index (χ0n) is 13.2. The molecule has 2 rings (SSSR count). The summed E-state index contributed by atoms with van der Waals surface area (Å²) in [5.41, 5.74) is 2.38. The van der Waals surface area contributed by atoms with Crippen LogP contribution in [0.1, 0.15) is 44.5 Å². The van der Waals surface area contributed by atoms with Gasteiger partial charge in [-0.2, -0.15) is 0 Å². The average molecular weight is 287 g/mol. The average Bonchev–Trinajstić information content (AvgIpc) is 2.98. The number of hydrogen-bond acceptors (Lipinski definition) is 3. The molecule has 1 unspecified atom stereocenters. The number of imidazole rings is 1. The quantitative estimate of drug-likeness (QED) is 0.807. The predicted molar refractivity (Wildman–Crippen MR) is 85.4 cm³/mol. The van der Waals surface area contributed by atoms with Crippen LogP contribution in [0.5, 0.6) is 5.75 Å². The first-order valence-corrected chi connectivity index (χ1v) is 7.69. The van der Waals surface area contributed by atoms with Gasteiger partial charge in [-0.3, -0.25) is 0 Å². The molecule has 1 aromatic carbocycles. The van der Waals surface area contributed by atoms with Gasteiger partial charge in [0.05, 0.1) is 18.2 Å². The normalized spacial score (nSPS) is 12.3. The summed E-state index contributed by atoms with van der Waals surface area (Å²) >= 11 is 0. The lowest BCUT2D eigenvalue weighted by Crippen LogP contribution is -2.19. The van der Waals surface area contributed by atoms with Crippen LogP contribution in [0, 0.1) is 0 Å². The Morgan fingerprint density at radius 3 is 2.67 bits per heavy atom. The molecule has 114 valence electrons. The largest absolute Gasteiger partial charge is 0.487 e. The van der Waals surface area contributed by atoms with E-state index in [0.29, 0.717) is 12.6 Å². The third-order valence-corrected chi connectivity index (χ3v) is 3.61. The predicted octanol–water partition coefficient (Wildman–Crippen LogP) is 3.54. The monoisotopic (exact) mass is 287 g/mol. The van der Waals surface area contributed by atoms with Gasteiger partial charge in [0, 0.05) is 12.6 Å². The fourth-order valence-corrected chi connectivity index (χ4v) is 2.24. The lowest BCUT2D eigenvalue weighted by molar-refractivity contribution is 0.295. The molecule has 1 N–H and O–H groups in total. The van der Waals surface area contributed by atoms with Crippen LogP contribution in [0.25, 0.3) is 0 Å². The van der Waals surface area contributed by atoms with E-state index in [4.69, 9.17) is 4.74 Å². The molecule has 0 spiro atoms. The van der Waals surface area contributed by atoms with Crippen molar-refractivity contribution in [2.24, 2.45) is 0 Å². The maximum atomic E-state index is 5.83. The van der Waals surface area contributed by atoms with Gasteiger partial charge < -0.3 is 14.6 Å². The molecule has 0 amide bonds. The molecule has 0 aliphatic rings. The maximum Gasteiger partial charge on any atom is 0.130 e. The molecule has 0 saturated heterocycles. The summed E-state index contributed by atoms with van der Waals surface area (Å²) in [4.78, 5) is 4.15. The molecule has 0 aliphatic carbocycles. The summed E-state index contributed by atoms with van der Waals surface area (Å²) in [5.74, 6) is 0.894. The van der Waals surface area contributed by atoms with Crippen LogP contribution in [0.4, 0.5) is 0 Å². The summed E-state index contributed by atoms with van der Waals surface area (Å²) < 4.78 is 7.92. The molecule has 0 radical (unpaired) electrons. The Bertz CT molecular complexity index is 533. The highest BCUT2D eigenvalue weighted by atomic mass is 16.5. The zero-order chi connectivity index (χ0) is 15.1. The van der Waals surface area contributed by atoms with E-state index in [-0.39, 0.29) is 0 Å². The number of aryl methyl sites for hydroxylation is 1. The number of nitrogens with one attached hydrogen (secondary N) is 1. The maximum absolute atomic E-state index is 5.83. The molecule has 4 nitrogen and oxygen atoms in total. The van der Waals surface area contributed by atoms with Crippen molar-refractivity contribution in [2.75, 3.05) is 6.54 Å². The molecule has 21 heavy (non-hydrogen) atoms. The first kappa shape index (κ1) is 15.6. The van der Waals surface area contributed by atoms with Crippen molar-refractivity contribution in [3.8, 4) is 5.75 Å². The van der Waals surface area contributed by atoms with Crippen molar-refractivity contribution in [3.63, 3.8) is 0 Å². The van der Waals surface area contributed by atoms with Crippen LogP contribution in [0.3, 0.4) is 0 Å². The van der Waals surface area contributed by atoms with Crippen molar-refractivity contribution >= 4 is 0 Å². The third kappa shape index (κ3) is 4.33. The number of nitrogens with zero attached hydrogens (tertiary/aromatic N) is 2. The van der Waals surface area contributed by atoms with Crippen LogP contribution in [0.2, 0.25) is 0 Å². The second-order valence-corrected chi connectivity index (χ2v) is 5.20.